The van der Waals surface area contributed by atoms with Gasteiger partial charge in [0.15, 0.2) is 11.0 Å². The number of anilines is 1. The fourth-order valence-electron chi connectivity index (χ4n) is 3.50. The molecule has 0 fully saturated rings. The topological polar surface area (TPSA) is 59.8 Å². The molecule has 0 radical (unpaired) electrons. The van der Waals surface area contributed by atoms with Crippen molar-refractivity contribution in [3.05, 3.63) is 81.0 Å². The molecule has 2 aromatic carbocycles. The second kappa shape index (κ2) is 10.8. The second-order valence-electron chi connectivity index (χ2n) is 7.59. The number of thioether (sulfide) groups is 1. The molecule has 0 saturated carbocycles. The van der Waals surface area contributed by atoms with Crippen LogP contribution >= 0.6 is 46.3 Å². The summed E-state index contributed by atoms with van der Waals surface area (Å²) in [5.74, 6) is 0.683. The van der Waals surface area contributed by atoms with Crippen LogP contribution in [0.4, 0.5) is 5.69 Å². The predicted molar refractivity (Wildman–Crippen MR) is 144 cm³/mol. The Kier molecular flexibility index (Phi) is 7.78. The molecule has 2 aromatic heterocycles. The number of nitrogens with zero attached hydrogens (tertiary/aromatic N) is 3. The first kappa shape index (κ1) is 24.5. The summed E-state index contributed by atoms with van der Waals surface area (Å²) in [6.45, 7) is 8.59. The van der Waals surface area contributed by atoms with Gasteiger partial charge in [-0.05, 0) is 31.5 Å². The number of halogens is 2. The number of carbonyl (C=O) groups excluding carboxylic acids is 1. The first-order valence-electron chi connectivity index (χ1n) is 10.4. The van der Waals surface area contributed by atoms with Crippen molar-refractivity contribution >= 4 is 57.9 Å². The molecule has 0 atom stereocenters. The molecule has 4 aromatic rings. The molecule has 0 spiro atoms. The minimum atomic E-state index is -0.212. The maximum atomic E-state index is 12.6. The number of benzene rings is 2. The lowest BCUT2D eigenvalue weighted by Crippen LogP contribution is -2.15. The van der Waals surface area contributed by atoms with Crippen LogP contribution in [0.1, 0.15) is 10.4 Å². The number of thiophene rings is 1. The van der Waals surface area contributed by atoms with Gasteiger partial charge < -0.3 is 5.32 Å². The lowest BCUT2D eigenvalue weighted by molar-refractivity contribution is -0.113. The Bertz CT molecular complexity index is 1350. The van der Waals surface area contributed by atoms with Gasteiger partial charge in [0.25, 0.3) is 0 Å². The van der Waals surface area contributed by atoms with Gasteiger partial charge in [0, 0.05) is 27.9 Å². The zero-order valence-corrected chi connectivity index (χ0v) is 21.8. The van der Waals surface area contributed by atoms with E-state index < -0.39 is 0 Å². The van der Waals surface area contributed by atoms with E-state index in [0.717, 1.165) is 22.5 Å². The molecule has 4 rings (SSSR count). The van der Waals surface area contributed by atoms with Crippen LogP contribution in [0.25, 0.3) is 22.5 Å². The number of carbonyl (C=O) groups is 1. The first-order valence-corrected chi connectivity index (χ1v) is 13.1. The highest BCUT2D eigenvalue weighted by Crippen LogP contribution is 2.39. The fourth-order valence-corrected chi connectivity index (χ4v) is 5.46. The van der Waals surface area contributed by atoms with Gasteiger partial charge in [0.05, 0.1) is 21.5 Å². The number of amides is 1. The van der Waals surface area contributed by atoms with Gasteiger partial charge in [0.2, 0.25) is 5.91 Å². The van der Waals surface area contributed by atoms with Gasteiger partial charge in [-0.3, -0.25) is 9.36 Å². The second-order valence-corrected chi connectivity index (χ2v) is 10.4. The minimum Gasteiger partial charge on any atom is -0.324 e. The number of hydrogen-bond acceptors (Lipinski definition) is 5. The summed E-state index contributed by atoms with van der Waals surface area (Å²) in [6, 6.07) is 13.6. The Hall–Kier alpha value is -2.58. The minimum absolute atomic E-state index is 0.144. The maximum Gasteiger partial charge on any atom is 0.234 e. The van der Waals surface area contributed by atoms with Crippen molar-refractivity contribution in [3.63, 3.8) is 0 Å². The standard InChI is InChI=1S/C25H22Cl2N4OS2/c1-4-12-31-24(18-13-33-16(3)22(18)17-10-8-15(2)9-11-17)29-30-25(31)34-14-21(32)28-20-7-5-6-19(26)23(20)27/h4-11,13H,1,12,14H2,2-3H3,(H,28,32). The summed E-state index contributed by atoms with van der Waals surface area (Å²) in [6.07, 6.45) is 1.80. The van der Waals surface area contributed by atoms with E-state index in [-0.39, 0.29) is 11.7 Å². The Labute approximate surface area is 216 Å². The van der Waals surface area contributed by atoms with Crippen LogP contribution in [0, 0.1) is 13.8 Å². The summed E-state index contributed by atoms with van der Waals surface area (Å²) >= 11 is 15.2. The summed E-state index contributed by atoms with van der Waals surface area (Å²) < 4.78 is 1.98. The highest BCUT2D eigenvalue weighted by Gasteiger charge is 2.21. The van der Waals surface area contributed by atoms with Crippen molar-refractivity contribution in [2.75, 3.05) is 11.1 Å². The average molecular weight is 530 g/mol. The molecule has 0 unspecified atom stereocenters. The van der Waals surface area contributed by atoms with E-state index in [2.05, 4.69) is 65.6 Å². The van der Waals surface area contributed by atoms with Gasteiger partial charge in [-0.25, -0.2) is 0 Å². The lowest BCUT2D eigenvalue weighted by atomic mass is 10.0. The Morgan fingerprint density at radius 3 is 2.68 bits per heavy atom. The average Bonchev–Trinajstić information content (AvgIpc) is 3.39. The Balaban J connectivity index is 1.58. The predicted octanol–water partition coefficient (Wildman–Crippen LogP) is 7.51. The van der Waals surface area contributed by atoms with Gasteiger partial charge in [0.1, 0.15) is 0 Å². The number of hydrogen-bond donors (Lipinski definition) is 1. The van der Waals surface area contributed by atoms with E-state index in [1.165, 1.54) is 22.2 Å². The third-order valence-corrected chi connectivity index (χ3v) is 7.84. The molecule has 9 heteroatoms. The Morgan fingerprint density at radius 1 is 1.18 bits per heavy atom. The highest BCUT2D eigenvalue weighted by molar-refractivity contribution is 7.99. The smallest absolute Gasteiger partial charge is 0.234 e. The molecule has 34 heavy (non-hydrogen) atoms. The molecule has 5 nitrogen and oxygen atoms in total. The zero-order chi connectivity index (χ0) is 24.2. The van der Waals surface area contributed by atoms with Gasteiger partial charge >= 0.3 is 0 Å². The van der Waals surface area contributed by atoms with E-state index in [0.29, 0.717) is 27.4 Å². The van der Waals surface area contributed by atoms with Gasteiger partial charge in [-0.2, -0.15) is 0 Å². The SMILES string of the molecule is C=CCn1c(SCC(=O)Nc2cccc(Cl)c2Cl)nnc1-c1csc(C)c1-c1ccc(C)cc1. The fraction of sp³-hybridized carbons (Fsp3) is 0.160. The quantitative estimate of drug-likeness (QED) is 0.190. The molecule has 0 aliphatic heterocycles. The van der Waals surface area contributed by atoms with Crippen molar-refractivity contribution < 1.29 is 4.79 Å². The molecular weight excluding hydrogens is 507 g/mol. The molecule has 0 aliphatic rings. The number of aryl methyl sites for hydroxylation is 2. The summed E-state index contributed by atoms with van der Waals surface area (Å²) in [5.41, 5.74) is 4.99. The molecule has 0 aliphatic carbocycles. The van der Waals surface area contributed by atoms with Gasteiger partial charge in [-0.15, -0.1) is 28.1 Å². The Morgan fingerprint density at radius 2 is 1.94 bits per heavy atom. The van der Waals surface area contributed by atoms with Gasteiger partial charge in [-0.1, -0.05) is 76.9 Å². The number of rotatable bonds is 8. The van der Waals surface area contributed by atoms with Crippen molar-refractivity contribution in [1.82, 2.24) is 14.8 Å². The summed E-state index contributed by atoms with van der Waals surface area (Å²) in [5, 5.41) is 15.1. The molecule has 0 saturated heterocycles. The third kappa shape index (κ3) is 5.23. The van der Waals surface area contributed by atoms with Crippen molar-refractivity contribution in [2.45, 2.75) is 25.5 Å². The zero-order valence-electron chi connectivity index (χ0n) is 18.6. The maximum absolute atomic E-state index is 12.6. The van der Waals surface area contributed by atoms with Crippen LogP contribution in [0.3, 0.4) is 0 Å². The number of nitrogens with one attached hydrogen (secondary N) is 1. The van der Waals surface area contributed by atoms with Crippen LogP contribution in [-0.4, -0.2) is 26.4 Å². The normalized spacial score (nSPS) is 10.9. The van der Waals surface area contributed by atoms with Crippen molar-refractivity contribution in [1.29, 1.82) is 0 Å². The lowest BCUT2D eigenvalue weighted by Gasteiger charge is -2.10. The monoisotopic (exact) mass is 528 g/mol. The highest BCUT2D eigenvalue weighted by atomic mass is 35.5. The molecule has 174 valence electrons. The molecule has 1 amide bonds. The van der Waals surface area contributed by atoms with Crippen LogP contribution in [-0.2, 0) is 11.3 Å². The molecular formula is C25H22Cl2N4OS2. The van der Waals surface area contributed by atoms with Crippen molar-refractivity contribution in [3.8, 4) is 22.5 Å². The van der Waals surface area contributed by atoms with Crippen LogP contribution < -0.4 is 5.32 Å². The van der Waals surface area contributed by atoms with Crippen LogP contribution in [0.2, 0.25) is 10.0 Å². The summed E-state index contributed by atoms with van der Waals surface area (Å²) in [7, 11) is 0. The number of allylic oxidation sites excluding steroid dienone is 1. The van der Waals surface area contributed by atoms with E-state index in [9.17, 15) is 4.79 Å². The van der Waals surface area contributed by atoms with E-state index >= 15 is 0 Å². The van der Waals surface area contributed by atoms with Crippen LogP contribution in [0.5, 0.6) is 0 Å². The molecule has 2 heterocycles. The van der Waals surface area contributed by atoms with E-state index in [4.69, 9.17) is 23.2 Å². The van der Waals surface area contributed by atoms with Crippen LogP contribution in [0.15, 0.2) is 65.7 Å². The van der Waals surface area contributed by atoms with E-state index in [1.54, 1.807) is 35.6 Å². The molecule has 0 bridgehead atoms. The van der Waals surface area contributed by atoms with Crippen molar-refractivity contribution in [2.24, 2.45) is 0 Å². The largest absolute Gasteiger partial charge is 0.324 e. The van der Waals surface area contributed by atoms with E-state index in [1.807, 2.05) is 4.57 Å². The third-order valence-electron chi connectivity index (χ3n) is 5.14. The molecule has 1 N–H and O–H groups in total. The summed E-state index contributed by atoms with van der Waals surface area (Å²) in [4.78, 5) is 13.8. The first-order chi connectivity index (χ1) is 16.4. The number of aromatic nitrogens is 3.